The number of rotatable bonds is 9. The molecule has 0 aromatic heterocycles. The van der Waals surface area contributed by atoms with E-state index < -0.39 is 7.55 Å². The van der Waals surface area contributed by atoms with Crippen LogP contribution in [0.5, 0.6) is 0 Å². The van der Waals surface area contributed by atoms with E-state index in [2.05, 4.69) is 26.8 Å². The molecule has 0 N–H and O–H groups in total. The molecule has 0 saturated carbocycles. The number of nitriles is 1. The minimum atomic E-state index is -0.476. The molecule has 16 heavy (non-hydrogen) atoms. The van der Waals surface area contributed by atoms with Crippen molar-refractivity contribution in [2.45, 2.75) is 65.7 Å². The van der Waals surface area contributed by atoms with Gasteiger partial charge in [0.1, 0.15) is 0 Å². The Hall–Kier alpha value is -0.210. The van der Waals surface area contributed by atoms with E-state index in [-0.39, 0.29) is 0 Å². The Morgan fingerprint density at radius 3 is 1.81 bits per heavy atom. The van der Waals surface area contributed by atoms with Gasteiger partial charge in [-0.1, -0.05) is 40.0 Å². The summed E-state index contributed by atoms with van der Waals surface area (Å²) in [4.78, 5) is 0. The van der Waals surface area contributed by atoms with E-state index in [1.807, 2.05) is 0 Å². The molecule has 0 heterocycles. The monoisotopic (exact) mass is 241 g/mol. The van der Waals surface area contributed by atoms with E-state index in [4.69, 9.17) is 0 Å². The van der Waals surface area contributed by atoms with Crippen molar-refractivity contribution in [3.63, 3.8) is 0 Å². The highest BCUT2D eigenvalue weighted by Gasteiger charge is 2.04. The van der Waals surface area contributed by atoms with Crippen LogP contribution in [0.3, 0.4) is 0 Å². The van der Waals surface area contributed by atoms with Crippen molar-refractivity contribution < 1.29 is 0 Å². The first-order valence-electron chi connectivity index (χ1n) is 6.91. The third-order valence-electron chi connectivity index (χ3n) is 3.01. The van der Waals surface area contributed by atoms with E-state index in [0.29, 0.717) is 0 Å². The van der Waals surface area contributed by atoms with Crippen molar-refractivity contribution in [2.24, 2.45) is 0 Å². The number of hydrogen-bond acceptors (Lipinski definition) is 1. The van der Waals surface area contributed by atoms with Gasteiger partial charge in [0.25, 0.3) is 0 Å². The lowest BCUT2D eigenvalue weighted by Gasteiger charge is -2.11. The van der Waals surface area contributed by atoms with Gasteiger partial charge in [0.05, 0.1) is 6.07 Å². The first-order valence-corrected chi connectivity index (χ1v) is 8.82. The second-order valence-corrected chi connectivity index (χ2v) is 7.32. The molecule has 0 spiro atoms. The highest BCUT2D eigenvalue weighted by molar-refractivity contribution is 7.59. The minimum absolute atomic E-state index is 0.476. The van der Waals surface area contributed by atoms with Crippen molar-refractivity contribution in [1.29, 1.82) is 5.26 Å². The van der Waals surface area contributed by atoms with Gasteiger partial charge in [-0.3, -0.25) is 0 Å². The lowest BCUT2D eigenvalue weighted by molar-refractivity contribution is 0.840. The van der Waals surface area contributed by atoms with E-state index >= 15 is 0 Å². The summed E-state index contributed by atoms with van der Waals surface area (Å²) in [5, 5.41) is 10.5. The van der Waals surface area contributed by atoms with Crippen LogP contribution in [-0.4, -0.2) is 17.6 Å². The molecular weight excluding hydrogens is 213 g/mol. The van der Waals surface area contributed by atoms with Gasteiger partial charge in [0.2, 0.25) is 0 Å². The SMILES string of the molecule is CCCCC(C#N)=[PH](CCCC)CCCC. The van der Waals surface area contributed by atoms with Gasteiger partial charge >= 0.3 is 0 Å². The van der Waals surface area contributed by atoms with E-state index in [1.54, 1.807) is 0 Å². The average Bonchev–Trinajstić information content (AvgIpc) is 2.32. The highest BCUT2D eigenvalue weighted by Crippen LogP contribution is 2.30. The van der Waals surface area contributed by atoms with Gasteiger partial charge < -0.3 is 0 Å². The predicted molar refractivity (Wildman–Crippen MR) is 78.0 cm³/mol. The average molecular weight is 241 g/mol. The van der Waals surface area contributed by atoms with Crippen molar-refractivity contribution in [2.75, 3.05) is 12.3 Å². The van der Waals surface area contributed by atoms with Gasteiger partial charge in [-0.05, 0) is 38.0 Å². The smallest absolute Gasteiger partial charge is 0.0945 e. The summed E-state index contributed by atoms with van der Waals surface area (Å²) in [5.74, 6) is 0. The maximum Gasteiger partial charge on any atom is 0.0945 e. The maximum absolute atomic E-state index is 9.26. The lowest BCUT2D eigenvalue weighted by atomic mass is 10.2. The third-order valence-corrected chi connectivity index (χ3v) is 6.14. The summed E-state index contributed by atoms with van der Waals surface area (Å²) in [6, 6.07) is 2.52. The van der Waals surface area contributed by atoms with Crippen molar-refractivity contribution in [1.82, 2.24) is 0 Å². The Balaban J connectivity index is 4.48. The topological polar surface area (TPSA) is 23.8 Å². The largest absolute Gasteiger partial charge is 0.193 e. The predicted octanol–water partition coefficient (Wildman–Crippen LogP) is 4.69. The Bertz CT molecular complexity index is 228. The van der Waals surface area contributed by atoms with E-state index in [9.17, 15) is 5.26 Å². The Kier molecular flexibility index (Phi) is 11.1. The van der Waals surface area contributed by atoms with Crippen LogP contribution in [0.15, 0.2) is 0 Å². The molecule has 2 heteroatoms. The Morgan fingerprint density at radius 1 is 0.938 bits per heavy atom. The van der Waals surface area contributed by atoms with Crippen LogP contribution < -0.4 is 0 Å². The summed E-state index contributed by atoms with van der Waals surface area (Å²) in [5.41, 5.74) is 0. The van der Waals surface area contributed by atoms with Gasteiger partial charge in [0.15, 0.2) is 0 Å². The van der Waals surface area contributed by atoms with Gasteiger partial charge in [-0.2, -0.15) is 5.26 Å². The summed E-state index contributed by atoms with van der Waals surface area (Å²) in [7, 11) is -0.476. The number of hydrogen-bond donors (Lipinski definition) is 0. The molecule has 0 bridgehead atoms. The van der Waals surface area contributed by atoms with Crippen LogP contribution in [0.4, 0.5) is 0 Å². The molecule has 0 aliphatic heterocycles. The fourth-order valence-electron chi connectivity index (χ4n) is 1.87. The first-order chi connectivity index (χ1) is 7.79. The fraction of sp³-hybridized carbons (Fsp3) is 0.857. The minimum Gasteiger partial charge on any atom is -0.193 e. The fourth-order valence-corrected chi connectivity index (χ4v) is 4.98. The van der Waals surface area contributed by atoms with Crippen LogP contribution in [0, 0.1) is 11.3 Å². The zero-order valence-corrected chi connectivity index (χ0v) is 12.3. The van der Waals surface area contributed by atoms with Crippen molar-refractivity contribution in [3.8, 4) is 6.07 Å². The van der Waals surface area contributed by atoms with E-state index in [0.717, 1.165) is 6.42 Å². The van der Waals surface area contributed by atoms with Gasteiger partial charge in [-0.15, -0.1) is 7.55 Å². The number of unbranched alkanes of at least 4 members (excludes halogenated alkanes) is 3. The van der Waals surface area contributed by atoms with Crippen LogP contribution in [0.25, 0.3) is 0 Å². The molecule has 0 rings (SSSR count). The molecule has 0 aliphatic rings. The van der Waals surface area contributed by atoms with E-state index in [1.165, 1.54) is 56.1 Å². The maximum atomic E-state index is 9.26. The summed E-state index contributed by atoms with van der Waals surface area (Å²) < 4.78 is 0. The lowest BCUT2D eigenvalue weighted by Crippen LogP contribution is -1.98. The Labute approximate surface area is 103 Å². The van der Waals surface area contributed by atoms with Gasteiger partial charge in [0, 0.05) is 5.29 Å². The standard InChI is InChI=1S/C14H28NP/c1-4-7-10-14(13-15)16(11-8-5-2)12-9-6-3/h16H,4-12H2,1-3H3. The molecule has 0 amide bonds. The molecule has 0 atom stereocenters. The second kappa shape index (κ2) is 11.3. The molecule has 94 valence electrons. The first kappa shape index (κ1) is 15.8. The van der Waals surface area contributed by atoms with Crippen LogP contribution in [0.1, 0.15) is 65.7 Å². The molecular formula is C14H28NP. The van der Waals surface area contributed by atoms with Crippen molar-refractivity contribution in [3.05, 3.63) is 0 Å². The van der Waals surface area contributed by atoms with Crippen LogP contribution in [0.2, 0.25) is 0 Å². The Morgan fingerprint density at radius 2 is 1.44 bits per heavy atom. The molecule has 1 nitrogen and oxygen atoms in total. The summed E-state index contributed by atoms with van der Waals surface area (Å²) in [6.07, 6.45) is 11.3. The summed E-state index contributed by atoms with van der Waals surface area (Å²) in [6.45, 7) is 6.70. The molecule has 0 fully saturated rings. The zero-order valence-electron chi connectivity index (χ0n) is 11.3. The molecule has 0 saturated heterocycles. The molecule has 0 radical (unpaired) electrons. The second-order valence-electron chi connectivity index (χ2n) is 4.50. The summed E-state index contributed by atoms with van der Waals surface area (Å²) >= 11 is 0. The normalized spacial score (nSPS) is 10.4. The zero-order chi connectivity index (χ0) is 12.2. The molecule has 0 aliphatic carbocycles. The van der Waals surface area contributed by atoms with Gasteiger partial charge in [-0.25, -0.2) is 0 Å². The van der Waals surface area contributed by atoms with Crippen LogP contribution >= 0.6 is 7.55 Å². The third kappa shape index (κ3) is 7.13. The van der Waals surface area contributed by atoms with Crippen molar-refractivity contribution >= 4 is 12.8 Å². The molecule has 0 aromatic carbocycles. The van der Waals surface area contributed by atoms with Crippen LogP contribution in [-0.2, 0) is 0 Å². The molecule has 0 aromatic rings. The number of nitrogens with zero attached hydrogens (tertiary/aromatic N) is 1. The molecule has 0 unspecified atom stereocenters. The quantitative estimate of drug-likeness (QED) is 0.537. The highest BCUT2D eigenvalue weighted by atomic mass is 31.1.